The van der Waals surface area contributed by atoms with E-state index in [1.165, 1.54) is 16.6 Å². The van der Waals surface area contributed by atoms with Crippen LogP contribution >= 0.6 is 27.3 Å². The van der Waals surface area contributed by atoms with Crippen LogP contribution in [-0.2, 0) is 6.42 Å². The van der Waals surface area contributed by atoms with Crippen molar-refractivity contribution in [3.05, 3.63) is 48.9 Å². The molecule has 0 fully saturated rings. The number of hydrogen-bond acceptors (Lipinski definition) is 5. The molecule has 2 aromatic rings. The maximum absolute atomic E-state index is 11.1. The van der Waals surface area contributed by atoms with Gasteiger partial charge in [0.25, 0.3) is 0 Å². The molecule has 5 nitrogen and oxygen atoms in total. The molecule has 20 heavy (non-hydrogen) atoms. The number of hydrogen-bond donors (Lipinski definition) is 1. The number of aryl methyl sites for hydroxylation is 1. The minimum atomic E-state index is -0.405. The average Bonchev–Trinajstić information content (AvgIpc) is 2.90. The number of pyridine rings is 1. The zero-order chi connectivity index (χ0) is 14.1. The maximum Gasteiger partial charge on any atom is 0.311 e. The summed E-state index contributed by atoms with van der Waals surface area (Å²) in [5.74, 6) is 0. The lowest BCUT2D eigenvalue weighted by molar-refractivity contribution is -0.384. The fraction of sp³-hybridized carbons (Fsp3) is 0.308. The zero-order valence-corrected chi connectivity index (χ0v) is 12.9. The van der Waals surface area contributed by atoms with Crippen molar-refractivity contribution in [1.29, 1.82) is 0 Å². The van der Waals surface area contributed by atoms with Crippen molar-refractivity contribution in [2.75, 3.05) is 5.32 Å². The van der Waals surface area contributed by atoms with Crippen LogP contribution < -0.4 is 5.32 Å². The number of thiophene rings is 1. The molecule has 0 aliphatic heterocycles. The highest BCUT2D eigenvalue weighted by Crippen LogP contribution is 2.39. The van der Waals surface area contributed by atoms with E-state index < -0.39 is 4.92 Å². The molecule has 1 atom stereocenters. The highest BCUT2D eigenvalue weighted by atomic mass is 79.9. The first kappa shape index (κ1) is 13.5. The Kier molecular flexibility index (Phi) is 3.71. The topological polar surface area (TPSA) is 68.1 Å². The van der Waals surface area contributed by atoms with Crippen LogP contribution in [-0.4, -0.2) is 9.91 Å². The van der Waals surface area contributed by atoms with Gasteiger partial charge >= 0.3 is 5.69 Å². The molecule has 7 heteroatoms. The molecule has 104 valence electrons. The van der Waals surface area contributed by atoms with Crippen molar-refractivity contribution in [1.82, 2.24) is 4.98 Å². The normalized spacial score (nSPS) is 17.6. The Balaban J connectivity index is 1.96. The van der Waals surface area contributed by atoms with Crippen LogP contribution in [0.4, 0.5) is 11.4 Å². The van der Waals surface area contributed by atoms with E-state index in [1.54, 1.807) is 17.5 Å². The SMILES string of the molecule is O=[N+]([O-])c1cncc(Br)c1NC1CCCc2sccc21. The van der Waals surface area contributed by atoms with Gasteiger partial charge < -0.3 is 5.32 Å². The van der Waals surface area contributed by atoms with E-state index in [0.717, 1.165) is 19.3 Å². The molecule has 0 aromatic carbocycles. The second kappa shape index (κ2) is 5.49. The lowest BCUT2D eigenvalue weighted by Gasteiger charge is -2.24. The van der Waals surface area contributed by atoms with E-state index in [0.29, 0.717) is 10.2 Å². The Bertz CT molecular complexity index is 659. The molecule has 1 unspecified atom stereocenters. The van der Waals surface area contributed by atoms with E-state index in [2.05, 4.69) is 37.7 Å². The van der Waals surface area contributed by atoms with Gasteiger partial charge in [-0.2, -0.15) is 0 Å². The molecule has 0 saturated heterocycles. The first-order valence-electron chi connectivity index (χ1n) is 6.27. The summed E-state index contributed by atoms with van der Waals surface area (Å²) in [5.41, 5.74) is 1.77. The third kappa shape index (κ3) is 2.43. The molecule has 0 spiro atoms. The number of anilines is 1. The molecule has 0 radical (unpaired) electrons. The molecule has 3 rings (SSSR count). The molecule has 1 aliphatic carbocycles. The van der Waals surface area contributed by atoms with E-state index in [9.17, 15) is 10.1 Å². The van der Waals surface area contributed by atoms with Gasteiger partial charge in [-0.3, -0.25) is 15.1 Å². The van der Waals surface area contributed by atoms with Gasteiger partial charge in [-0.15, -0.1) is 11.3 Å². The van der Waals surface area contributed by atoms with E-state index >= 15 is 0 Å². The van der Waals surface area contributed by atoms with Crippen LogP contribution in [0.25, 0.3) is 0 Å². The van der Waals surface area contributed by atoms with Crippen molar-refractivity contribution in [3.63, 3.8) is 0 Å². The fourth-order valence-corrected chi connectivity index (χ4v) is 3.94. The molecule has 1 aliphatic rings. The number of fused-ring (bicyclic) bond motifs is 1. The summed E-state index contributed by atoms with van der Waals surface area (Å²) in [6, 6.07) is 2.24. The first-order chi connectivity index (χ1) is 9.66. The van der Waals surface area contributed by atoms with Crippen molar-refractivity contribution in [2.24, 2.45) is 0 Å². The Hall–Kier alpha value is -1.47. The summed E-state index contributed by atoms with van der Waals surface area (Å²) in [6.07, 6.45) is 6.04. The Labute approximate surface area is 128 Å². The summed E-state index contributed by atoms with van der Waals surface area (Å²) in [7, 11) is 0. The number of nitrogens with one attached hydrogen (secondary N) is 1. The minimum Gasteiger partial charge on any atom is -0.372 e. The number of aromatic nitrogens is 1. The van der Waals surface area contributed by atoms with E-state index in [4.69, 9.17) is 0 Å². The Morgan fingerprint density at radius 3 is 3.15 bits per heavy atom. The molecular formula is C13H12BrN3O2S. The van der Waals surface area contributed by atoms with Gasteiger partial charge in [0.05, 0.1) is 15.4 Å². The van der Waals surface area contributed by atoms with Gasteiger partial charge in [0.1, 0.15) is 11.9 Å². The lowest BCUT2D eigenvalue weighted by atomic mass is 9.94. The van der Waals surface area contributed by atoms with Crippen molar-refractivity contribution < 1.29 is 4.92 Å². The van der Waals surface area contributed by atoms with Crippen LogP contribution in [0, 0.1) is 10.1 Å². The van der Waals surface area contributed by atoms with Gasteiger partial charge in [0.15, 0.2) is 0 Å². The second-order valence-corrected chi connectivity index (χ2v) is 6.52. The van der Waals surface area contributed by atoms with Crippen LogP contribution in [0.5, 0.6) is 0 Å². The predicted octanol–water partition coefficient (Wildman–Crippen LogP) is 4.30. The smallest absolute Gasteiger partial charge is 0.311 e. The molecule has 0 bridgehead atoms. The Morgan fingerprint density at radius 2 is 2.35 bits per heavy atom. The first-order valence-corrected chi connectivity index (χ1v) is 7.95. The summed E-state index contributed by atoms with van der Waals surface area (Å²) in [6.45, 7) is 0. The number of rotatable bonds is 3. The quantitative estimate of drug-likeness (QED) is 0.659. The van der Waals surface area contributed by atoms with Gasteiger partial charge in [-0.25, -0.2) is 0 Å². The predicted molar refractivity (Wildman–Crippen MR) is 82.2 cm³/mol. The summed E-state index contributed by atoms with van der Waals surface area (Å²) in [4.78, 5) is 16.0. The van der Waals surface area contributed by atoms with E-state index in [-0.39, 0.29) is 11.7 Å². The van der Waals surface area contributed by atoms with Gasteiger partial charge in [0, 0.05) is 11.1 Å². The molecule has 0 saturated carbocycles. The Morgan fingerprint density at radius 1 is 1.50 bits per heavy atom. The van der Waals surface area contributed by atoms with Gasteiger partial charge in [-0.1, -0.05) is 0 Å². The van der Waals surface area contributed by atoms with E-state index in [1.807, 2.05) is 0 Å². The summed E-state index contributed by atoms with van der Waals surface area (Å²) < 4.78 is 0.619. The number of nitrogens with zero attached hydrogens (tertiary/aromatic N) is 2. The monoisotopic (exact) mass is 353 g/mol. The van der Waals surface area contributed by atoms with Crippen LogP contribution in [0.3, 0.4) is 0 Å². The minimum absolute atomic E-state index is 0.00160. The largest absolute Gasteiger partial charge is 0.372 e. The van der Waals surface area contributed by atoms with Crippen LogP contribution in [0.2, 0.25) is 0 Å². The third-order valence-corrected chi connectivity index (χ3v) is 5.04. The summed E-state index contributed by atoms with van der Waals surface area (Å²) in [5, 5.41) is 16.5. The van der Waals surface area contributed by atoms with Gasteiger partial charge in [-0.05, 0) is 52.2 Å². The van der Waals surface area contributed by atoms with Crippen molar-refractivity contribution in [3.8, 4) is 0 Å². The molecule has 1 N–H and O–H groups in total. The molecular weight excluding hydrogens is 342 g/mol. The fourth-order valence-electron chi connectivity index (χ4n) is 2.52. The third-order valence-electron chi connectivity index (χ3n) is 3.45. The van der Waals surface area contributed by atoms with Crippen LogP contribution in [0.1, 0.15) is 29.3 Å². The number of nitro groups is 1. The van der Waals surface area contributed by atoms with Crippen molar-refractivity contribution >= 4 is 38.6 Å². The van der Waals surface area contributed by atoms with Crippen molar-refractivity contribution in [2.45, 2.75) is 25.3 Å². The number of halogens is 1. The highest BCUT2D eigenvalue weighted by Gasteiger charge is 2.25. The second-order valence-electron chi connectivity index (χ2n) is 4.66. The van der Waals surface area contributed by atoms with Gasteiger partial charge in [0.2, 0.25) is 0 Å². The van der Waals surface area contributed by atoms with Crippen LogP contribution in [0.15, 0.2) is 28.3 Å². The lowest BCUT2D eigenvalue weighted by Crippen LogP contribution is -2.16. The molecule has 2 aromatic heterocycles. The molecule has 0 amide bonds. The average molecular weight is 354 g/mol. The summed E-state index contributed by atoms with van der Waals surface area (Å²) >= 11 is 5.10. The highest BCUT2D eigenvalue weighted by molar-refractivity contribution is 9.10. The maximum atomic E-state index is 11.1. The standard InChI is InChI=1S/C13H12BrN3O2S/c14-9-6-15-7-11(17(18)19)13(9)16-10-2-1-3-12-8(10)4-5-20-12/h4-7,10H,1-3H2,(H,15,16). The molecule has 2 heterocycles. The zero-order valence-electron chi connectivity index (χ0n) is 10.5.